The smallest absolute Gasteiger partial charge is 0.297 e. The van der Waals surface area contributed by atoms with Crippen LogP contribution >= 0.6 is 0 Å². The first-order valence-corrected chi connectivity index (χ1v) is 7.88. The van der Waals surface area contributed by atoms with Crippen molar-refractivity contribution in [3.8, 4) is 17.2 Å². The van der Waals surface area contributed by atoms with Crippen LogP contribution in [-0.4, -0.2) is 16.3 Å². The summed E-state index contributed by atoms with van der Waals surface area (Å²) in [6.07, 6.45) is 1.52. The molecule has 5 nitrogen and oxygen atoms in total. The number of hydrogen-bond donors (Lipinski definition) is 1. The lowest BCUT2D eigenvalue weighted by molar-refractivity contribution is 0.306. The van der Waals surface area contributed by atoms with Gasteiger partial charge in [0, 0.05) is 18.5 Å². The third kappa shape index (κ3) is 3.35. The zero-order valence-electron chi connectivity index (χ0n) is 13.9. The minimum atomic E-state index is -0.410. The first-order valence-electron chi connectivity index (χ1n) is 7.88. The van der Waals surface area contributed by atoms with Gasteiger partial charge in [0.05, 0.1) is 5.52 Å². The molecule has 0 unspecified atom stereocenters. The number of aromatic hydroxyl groups is 1. The molecule has 0 atom stereocenters. The molecule has 0 amide bonds. The van der Waals surface area contributed by atoms with E-state index in [1.165, 1.54) is 10.6 Å². The second kappa shape index (κ2) is 7.13. The van der Waals surface area contributed by atoms with E-state index in [2.05, 4.69) is 6.58 Å². The molecule has 0 aliphatic carbocycles. The molecule has 1 heterocycles. The van der Waals surface area contributed by atoms with Gasteiger partial charge in [-0.15, -0.1) is 0 Å². The predicted molar refractivity (Wildman–Crippen MR) is 97.3 cm³/mol. The topological polar surface area (TPSA) is 60.7 Å². The van der Waals surface area contributed by atoms with E-state index in [0.29, 0.717) is 23.3 Å². The highest BCUT2D eigenvalue weighted by atomic mass is 16.5. The van der Waals surface area contributed by atoms with Crippen molar-refractivity contribution in [2.75, 3.05) is 6.61 Å². The van der Waals surface area contributed by atoms with Crippen molar-refractivity contribution in [2.24, 2.45) is 7.05 Å². The molecular formula is C20H19NO4. The van der Waals surface area contributed by atoms with Crippen LogP contribution in [0, 0.1) is 0 Å². The molecule has 0 radical (unpaired) electrons. The van der Waals surface area contributed by atoms with Crippen LogP contribution in [0.25, 0.3) is 10.9 Å². The molecule has 0 aliphatic heterocycles. The summed E-state index contributed by atoms with van der Waals surface area (Å²) in [6, 6.07) is 15.0. The van der Waals surface area contributed by atoms with E-state index in [4.69, 9.17) is 9.47 Å². The molecule has 25 heavy (non-hydrogen) atoms. The fraction of sp³-hybridized carbons (Fsp3) is 0.150. The van der Waals surface area contributed by atoms with Gasteiger partial charge in [-0.2, -0.15) is 0 Å². The van der Waals surface area contributed by atoms with E-state index in [9.17, 15) is 9.90 Å². The van der Waals surface area contributed by atoms with Crippen molar-refractivity contribution in [3.63, 3.8) is 0 Å². The van der Waals surface area contributed by atoms with E-state index in [0.717, 1.165) is 5.56 Å². The van der Waals surface area contributed by atoms with Crippen LogP contribution < -0.4 is 15.0 Å². The molecule has 0 aliphatic rings. The van der Waals surface area contributed by atoms with Crippen molar-refractivity contribution in [3.05, 3.63) is 77.1 Å². The number of rotatable bonds is 6. The lowest BCUT2D eigenvalue weighted by atomic mass is 10.1. The van der Waals surface area contributed by atoms with Gasteiger partial charge < -0.3 is 19.1 Å². The van der Waals surface area contributed by atoms with Gasteiger partial charge >= 0.3 is 0 Å². The van der Waals surface area contributed by atoms with Crippen LogP contribution in [0.1, 0.15) is 5.56 Å². The molecule has 1 aromatic heterocycles. The van der Waals surface area contributed by atoms with Crippen LogP contribution in [0.2, 0.25) is 0 Å². The normalized spacial score (nSPS) is 10.6. The maximum Gasteiger partial charge on any atom is 0.297 e. The number of benzene rings is 2. The van der Waals surface area contributed by atoms with Gasteiger partial charge in [-0.05, 0) is 17.7 Å². The lowest BCUT2D eigenvalue weighted by Crippen LogP contribution is -2.20. The zero-order valence-corrected chi connectivity index (χ0v) is 13.9. The van der Waals surface area contributed by atoms with E-state index in [-0.39, 0.29) is 18.1 Å². The molecule has 2 aromatic carbocycles. The molecule has 3 aromatic rings. The van der Waals surface area contributed by atoms with Crippen molar-refractivity contribution in [1.29, 1.82) is 0 Å². The molecular weight excluding hydrogens is 318 g/mol. The fourth-order valence-electron chi connectivity index (χ4n) is 2.58. The first-order chi connectivity index (χ1) is 12.1. The van der Waals surface area contributed by atoms with E-state index < -0.39 is 5.56 Å². The molecule has 0 saturated heterocycles. The van der Waals surface area contributed by atoms with Gasteiger partial charge in [-0.1, -0.05) is 43.0 Å². The summed E-state index contributed by atoms with van der Waals surface area (Å²) >= 11 is 0. The molecule has 5 heteroatoms. The van der Waals surface area contributed by atoms with Crippen molar-refractivity contribution < 1.29 is 14.6 Å². The SMILES string of the molecule is C=CCOc1c(O)c2ccc(OCc3ccccc3)cc2n(C)c1=O. The number of pyridine rings is 1. The average molecular weight is 337 g/mol. The molecule has 3 rings (SSSR count). The van der Waals surface area contributed by atoms with Crippen LogP contribution in [0.4, 0.5) is 0 Å². The van der Waals surface area contributed by atoms with Crippen LogP contribution in [-0.2, 0) is 13.7 Å². The van der Waals surface area contributed by atoms with Gasteiger partial charge in [0.2, 0.25) is 5.75 Å². The Morgan fingerprint density at radius 3 is 2.64 bits per heavy atom. The summed E-state index contributed by atoms with van der Waals surface area (Å²) in [6.45, 7) is 4.11. The number of hydrogen-bond acceptors (Lipinski definition) is 4. The Morgan fingerprint density at radius 1 is 1.16 bits per heavy atom. The molecule has 0 spiro atoms. The molecule has 0 saturated carbocycles. The molecule has 128 valence electrons. The van der Waals surface area contributed by atoms with E-state index >= 15 is 0 Å². The molecule has 0 bridgehead atoms. The van der Waals surface area contributed by atoms with Gasteiger partial charge in [0.1, 0.15) is 19.0 Å². The summed E-state index contributed by atoms with van der Waals surface area (Å²) in [4.78, 5) is 12.4. The highest BCUT2D eigenvalue weighted by Crippen LogP contribution is 2.33. The maximum absolute atomic E-state index is 12.4. The highest BCUT2D eigenvalue weighted by Gasteiger charge is 2.16. The standard InChI is InChI=1S/C20H19NO4/c1-3-11-24-19-18(22)16-10-9-15(12-17(16)21(2)20(19)23)25-13-14-7-5-4-6-8-14/h3-10,12,22H,1,11,13H2,2H3. The van der Waals surface area contributed by atoms with Crippen LogP contribution in [0.15, 0.2) is 66.0 Å². The Morgan fingerprint density at radius 2 is 1.92 bits per heavy atom. The largest absolute Gasteiger partial charge is 0.504 e. The third-order valence-electron chi connectivity index (χ3n) is 3.89. The van der Waals surface area contributed by atoms with Crippen molar-refractivity contribution >= 4 is 10.9 Å². The summed E-state index contributed by atoms with van der Waals surface area (Å²) in [5.74, 6) is 0.368. The first kappa shape index (κ1) is 16.6. The Bertz CT molecular complexity index is 961. The quantitative estimate of drug-likeness (QED) is 0.701. The second-order valence-corrected chi connectivity index (χ2v) is 5.59. The Kier molecular flexibility index (Phi) is 4.75. The molecule has 0 fully saturated rings. The van der Waals surface area contributed by atoms with Gasteiger partial charge in [0.15, 0.2) is 5.75 Å². The van der Waals surface area contributed by atoms with Crippen molar-refractivity contribution in [2.45, 2.75) is 6.61 Å². The van der Waals surface area contributed by atoms with Crippen molar-refractivity contribution in [1.82, 2.24) is 4.57 Å². The van der Waals surface area contributed by atoms with Crippen LogP contribution in [0.5, 0.6) is 17.2 Å². The van der Waals surface area contributed by atoms with Gasteiger partial charge in [-0.25, -0.2) is 0 Å². The highest BCUT2D eigenvalue weighted by molar-refractivity contribution is 5.88. The minimum absolute atomic E-state index is 0.0761. The zero-order chi connectivity index (χ0) is 17.8. The van der Waals surface area contributed by atoms with Crippen LogP contribution in [0.3, 0.4) is 0 Å². The Balaban J connectivity index is 1.96. The lowest BCUT2D eigenvalue weighted by Gasteiger charge is -2.13. The average Bonchev–Trinajstić information content (AvgIpc) is 2.65. The van der Waals surface area contributed by atoms with Gasteiger partial charge in [0.25, 0.3) is 5.56 Å². The number of nitrogens with zero attached hydrogens (tertiary/aromatic N) is 1. The maximum atomic E-state index is 12.4. The summed E-state index contributed by atoms with van der Waals surface area (Å²) in [5, 5.41) is 10.9. The summed E-state index contributed by atoms with van der Waals surface area (Å²) in [5.41, 5.74) is 1.21. The fourth-order valence-corrected chi connectivity index (χ4v) is 2.58. The van der Waals surface area contributed by atoms with E-state index in [1.54, 1.807) is 25.2 Å². The number of ether oxygens (including phenoxy) is 2. The summed E-state index contributed by atoms with van der Waals surface area (Å²) in [7, 11) is 1.63. The third-order valence-corrected chi connectivity index (χ3v) is 3.89. The minimum Gasteiger partial charge on any atom is -0.504 e. The Hall–Kier alpha value is -3.21. The summed E-state index contributed by atoms with van der Waals surface area (Å²) < 4.78 is 12.5. The van der Waals surface area contributed by atoms with E-state index in [1.807, 2.05) is 30.3 Å². The number of aromatic nitrogens is 1. The number of aryl methyl sites for hydroxylation is 1. The predicted octanol–water partition coefficient (Wildman–Crippen LogP) is 3.39. The van der Waals surface area contributed by atoms with Gasteiger partial charge in [-0.3, -0.25) is 4.79 Å². The number of fused-ring (bicyclic) bond motifs is 1. The Labute approximate surface area is 145 Å². The second-order valence-electron chi connectivity index (χ2n) is 5.59. The molecule has 1 N–H and O–H groups in total. The monoisotopic (exact) mass is 337 g/mol.